The summed E-state index contributed by atoms with van der Waals surface area (Å²) in [6, 6.07) is 7.77. The van der Waals surface area contributed by atoms with Crippen molar-refractivity contribution in [3.8, 4) is 5.75 Å². The number of guanidine groups is 1. The third kappa shape index (κ3) is 7.72. The van der Waals surface area contributed by atoms with Crippen LogP contribution in [0.15, 0.2) is 24.3 Å². The fourth-order valence-corrected chi connectivity index (χ4v) is 2.68. The summed E-state index contributed by atoms with van der Waals surface area (Å²) in [4.78, 5) is 1.89. The molecule has 2 atom stereocenters. The van der Waals surface area contributed by atoms with E-state index in [0.29, 0.717) is 18.8 Å². The van der Waals surface area contributed by atoms with Crippen LogP contribution in [0.1, 0.15) is 31.7 Å². The molecule has 142 valence electrons. The lowest BCUT2D eigenvalue weighted by atomic mass is 10.1. The molecule has 0 aliphatic rings. The maximum absolute atomic E-state index is 9.27. The van der Waals surface area contributed by atoms with Gasteiger partial charge in [0, 0.05) is 19.1 Å². The molecule has 1 rings (SSSR count). The Morgan fingerprint density at radius 3 is 2.52 bits per heavy atom. The van der Waals surface area contributed by atoms with Gasteiger partial charge in [0.15, 0.2) is 5.96 Å². The molecule has 1 aromatic carbocycles. The zero-order valence-corrected chi connectivity index (χ0v) is 15.0. The van der Waals surface area contributed by atoms with Gasteiger partial charge in [-0.2, -0.15) is 0 Å². The van der Waals surface area contributed by atoms with Crippen LogP contribution in [0, 0.1) is 5.41 Å². The molecular formula is C18H32N4O3. The Bertz CT molecular complexity index is 496. The first-order valence-corrected chi connectivity index (χ1v) is 8.83. The Labute approximate surface area is 150 Å². The summed E-state index contributed by atoms with van der Waals surface area (Å²) in [5.74, 6) is 0.739. The third-order valence-electron chi connectivity index (χ3n) is 4.09. The summed E-state index contributed by atoms with van der Waals surface area (Å²) in [6.07, 6.45) is 2.83. The molecule has 7 N–H and O–H groups in total. The Morgan fingerprint density at radius 1 is 1.32 bits per heavy atom. The molecule has 0 saturated heterocycles. The highest BCUT2D eigenvalue weighted by Gasteiger charge is 2.17. The molecule has 25 heavy (non-hydrogen) atoms. The second-order valence-corrected chi connectivity index (χ2v) is 6.15. The van der Waals surface area contributed by atoms with Gasteiger partial charge in [-0.3, -0.25) is 5.41 Å². The van der Waals surface area contributed by atoms with Crippen molar-refractivity contribution in [1.29, 1.82) is 5.41 Å². The first-order chi connectivity index (χ1) is 12.0. The van der Waals surface area contributed by atoms with Crippen LogP contribution >= 0.6 is 0 Å². The number of aryl methyl sites for hydroxylation is 1. The van der Waals surface area contributed by atoms with Crippen molar-refractivity contribution in [2.75, 3.05) is 26.3 Å². The highest BCUT2D eigenvalue weighted by molar-refractivity contribution is 5.75. The average molecular weight is 352 g/mol. The van der Waals surface area contributed by atoms with Gasteiger partial charge in [-0.15, -0.1) is 0 Å². The first-order valence-electron chi connectivity index (χ1n) is 8.83. The minimum atomic E-state index is -0.865. The molecule has 7 nitrogen and oxygen atoms in total. The van der Waals surface area contributed by atoms with E-state index in [1.54, 1.807) is 0 Å². The fraction of sp³-hybridized carbons (Fsp3) is 0.611. The molecule has 0 aliphatic carbocycles. The van der Waals surface area contributed by atoms with Gasteiger partial charge in [0.05, 0.1) is 6.61 Å². The van der Waals surface area contributed by atoms with Crippen LogP contribution < -0.4 is 16.2 Å². The summed E-state index contributed by atoms with van der Waals surface area (Å²) in [6.45, 7) is 3.06. The normalized spacial score (nSPS) is 13.3. The van der Waals surface area contributed by atoms with Crippen LogP contribution in [-0.2, 0) is 6.42 Å². The molecule has 0 unspecified atom stereocenters. The van der Waals surface area contributed by atoms with Crippen LogP contribution in [0.3, 0.4) is 0 Å². The molecule has 0 bridgehead atoms. The van der Waals surface area contributed by atoms with Crippen molar-refractivity contribution in [1.82, 2.24) is 4.90 Å². The Hall–Kier alpha value is -1.83. The number of hydrogen-bond acceptors (Lipinski definition) is 5. The minimum Gasteiger partial charge on any atom is -0.491 e. The van der Waals surface area contributed by atoms with Crippen molar-refractivity contribution in [2.45, 2.75) is 44.8 Å². The average Bonchev–Trinajstić information content (AvgIpc) is 2.62. The molecule has 0 heterocycles. The van der Waals surface area contributed by atoms with E-state index in [4.69, 9.17) is 26.7 Å². The van der Waals surface area contributed by atoms with Crippen LogP contribution in [0.2, 0.25) is 0 Å². The van der Waals surface area contributed by atoms with E-state index in [0.717, 1.165) is 25.7 Å². The van der Waals surface area contributed by atoms with Gasteiger partial charge >= 0.3 is 0 Å². The topological polar surface area (TPSA) is 129 Å². The molecule has 0 radical (unpaired) electrons. The van der Waals surface area contributed by atoms with E-state index >= 15 is 0 Å². The summed E-state index contributed by atoms with van der Waals surface area (Å²) in [5, 5.41) is 25.8. The maximum Gasteiger partial charge on any atom is 0.188 e. The van der Waals surface area contributed by atoms with Crippen molar-refractivity contribution in [2.24, 2.45) is 11.5 Å². The maximum atomic E-state index is 9.27. The van der Waals surface area contributed by atoms with Crippen LogP contribution in [0.25, 0.3) is 0 Å². The summed E-state index contributed by atoms with van der Waals surface area (Å²) >= 11 is 0. The summed E-state index contributed by atoms with van der Waals surface area (Å²) < 4.78 is 5.38. The zero-order chi connectivity index (χ0) is 18.7. The molecule has 0 spiro atoms. The standard InChI is InChI=1S/C18H32N4O3/c1-2-4-15(11-19)22(18(20)21)10-3-5-14-6-8-17(9-7-14)25-13-16(24)12-23/h6-9,15-16,23-24H,2-5,10-13,19H2,1H3,(H3,20,21)/t15-,16-/m0/s1. The minimum absolute atomic E-state index is 0.0708. The molecule has 1 aromatic rings. The summed E-state index contributed by atoms with van der Waals surface area (Å²) in [7, 11) is 0. The highest BCUT2D eigenvalue weighted by atomic mass is 16.5. The van der Waals surface area contributed by atoms with Gasteiger partial charge < -0.3 is 31.3 Å². The predicted molar refractivity (Wildman–Crippen MR) is 99.7 cm³/mol. The van der Waals surface area contributed by atoms with E-state index in [-0.39, 0.29) is 25.2 Å². The number of nitrogens with one attached hydrogen (secondary N) is 1. The second kappa shape index (κ2) is 11.7. The lowest BCUT2D eigenvalue weighted by Gasteiger charge is -2.31. The van der Waals surface area contributed by atoms with Crippen molar-refractivity contribution in [3.63, 3.8) is 0 Å². The van der Waals surface area contributed by atoms with E-state index < -0.39 is 6.10 Å². The molecule has 0 saturated carbocycles. The number of aliphatic hydroxyl groups excluding tert-OH is 2. The SMILES string of the molecule is CCC[C@@H](CN)N(CCCc1ccc(OC[C@@H](O)CO)cc1)C(=N)N. The number of nitrogens with zero attached hydrogens (tertiary/aromatic N) is 1. The number of rotatable bonds is 12. The Morgan fingerprint density at radius 2 is 2.00 bits per heavy atom. The predicted octanol–water partition coefficient (Wildman–Crippen LogP) is 0.674. The largest absolute Gasteiger partial charge is 0.491 e. The molecule has 0 amide bonds. The van der Waals surface area contributed by atoms with Gasteiger partial charge in [0.1, 0.15) is 18.5 Å². The monoisotopic (exact) mass is 352 g/mol. The van der Waals surface area contributed by atoms with E-state index in [1.165, 1.54) is 5.56 Å². The number of hydrogen-bond donors (Lipinski definition) is 5. The van der Waals surface area contributed by atoms with Crippen molar-refractivity contribution >= 4 is 5.96 Å². The second-order valence-electron chi connectivity index (χ2n) is 6.15. The number of benzene rings is 1. The van der Waals surface area contributed by atoms with Gasteiger partial charge in [0.2, 0.25) is 0 Å². The van der Waals surface area contributed by atoms with Gasteiger partial charge in [-0.05, 0) is 37.0 Å². The summed E-state index contributed by atoms with van der Waals surface area (Å²) in [5.41, 5.74) is 12.7. The van der Waals surface area contributed by atoms with Gasteiger partial charge in [0.25, 0.3) is 0 Å². The first kappa shape index (κ1) is 21.2. The number of ether oxygens (including phenoxy) is 1. The lowest BCUT2D eigenvalue weighted by Crippen LogP contribution is -2.48. The van der Waals surface area contributed by atoms with Crippen LogP contribution in [0.5, 0.6) is 5.75 Å². The molecule has 0 fully saturated rings. The van der Waals surface area contributed by atoms with E-state index in [2.05, 4.69) is 6.92 Å². The molecule has 0 aromatic heterocycles. The quantitative estimate of drug-likeness (QED) is 0.278. The number of aliphatic hydroxyl groups is 2. The molecule has 7 heteroatoms. The smallest absolute Gasteiger partial charge is 0.188 e. The van der Waals surface area contributed by atoms with E-state index in [9.17, 15) is 5.11 Å². The van der Waals surface area contributed by atoms with Crippen LogP contribution in [-0.4, -0.2) is 59.5 Å². The molecular weight excluding hydrogens is 320 g/mol. The lowest BCUT2D eigenvalue weighted by molar-refractivity contribution is 0.0536. The Balaban J connectivity index is 2.47. The van der Waals surface area contributed by atoms with Crippen molar-refractivity contribution in [3.05, 3.63) is 29.8 Å². The Kier molecular flexibility index (Phi) is 9.91. The highest BCUT2D eigenvalue weighted by Crippen LogP contribution is 2.14. The molecule has 0 aliphatic heterocycles. The van der Waals surface area contributed by atoms with Crippen molar-refractivity contribution < 1.29 is 14.9 Å². The zero-order valence-electron chi connectivity index (χ0n) is 15.0. The van der Waals surface area contributed by atoms with E-state index in [1.807, 2.05) is 29.2 Å². The van der Waals surface area contributed by atoms with Gasteiger partial charge in [-0.1, -0.05) is 25.5 Å². The third-order valence-corrected chi connectivity index (χ3v) is 4.09. The van der Waals surface area contributed by atoms with Crippen LogP contribution in [0.4, 0.5) is 0 Å². The van der Waals surface area contributed by atoms with Gasteiger partial charge in [-0.25, -0.2) is 0 Å². The fourth-order valence-electron chi connectivity index (χ4n) is 2.68. The number of nitrogens with two attached hydrogens (primary N) is 2.